The molecule has 0 radical (unpaired) electrons. The Bertz CT molecular complexity index is 327. The van der Waals surface area contributed by atoms with Crippen LogP contribution in [0.5, 0.6) is 11.5 Å². The zero-order chi connectivity index (χ0) is 10.0. The van der Waals surface area contributed by atoms with E-state index in [-0.39, 0.29) is 5.60 Å². The molecule has 76 valence electrons. The highest BCUT2D eigenvalue weighted by Gasteiger charge is 2.32. The van der Waals surface area contributed by atoms with Gasteiger partial charge in [0.1, 0.15) is 12.2 Å². The molecule has 1 aromatic carbocycles. The summed E-state index contributed by atoms with van der Waals surface area (Å²) >= 11 is 5.72. The fourth-order valence-electron chi connectivity index (χ4n) is 1.50. The second-order valence-electron chi connectivity index (χ2n) is 3.73. The summed E-state index contributed by atoms with van der Waals surface area (Å²) in [5.41, 5.74) is -0.282. The normalized spacial score (nSPS) is 24.7. The number of alkyl halides is 1. The molecule has 2 nitrogen and oxygen atoms in total. The van der Waals surface area contributed by atoms with Gasteiger partial charge in [0, 0.05) is 12.3 Å². The predicted octanol–water partition coefficient (Wildman–Crippen LogP) is 2.85. The van der Waals surface area contributed by atoms with Gasteiger partial charge in [0.05, 0.1) is 0 Å². The summed E-state index contributed by atoms with van der Waals surface area (Å²) < 4.78 is 11.5. The van der Waals surface area contributed by atoms with Crippen LogP contribution < -0.4 is 9.47 Å². The summed E-state index contributed by atoms with van der Waals surface area (Å²) in [6, 6.07) is 7.71. The largest absolute Gasteiger partial charge is 0.486 e. The topological polar surface area (TPSA) is 18.5 Å². The zero-order valence-electron chi connectivity index (χ0n) is 8.13. The van der Waals surface area contributed by atoms with Crippen LogP contribution in [0.3, 0.4) is 0 Å². The van der Waals surface area contributed by atoms with Crippen molar-refractivity contribution in [3.63, 3.8) is 0 Å². The number of hydrogen-bond donors (Lipinski definition) is 0. The van der Waals surface area contributed by atoms with Crippen molar-refractivity contribution in [1.29, 1.82) is 0 Å². The van der Waals surface area contributed by atoms with Gasteiger partial charge in [-0.15, -0.1) is 11.6 Å². The minimum absolute atomic E-state index is 0.282. The van der Waals surface area contributed by atoms with Gasteiger partial charge in [-0.1, -0.05) is 12.1 Å². The predicted molar refractivity (Wildman–Crippen MR) is 56.3 cm³/mol. The SMILES string of the molecule is CC1(CCCl)COc2ccccc2O1. The van der Waals surface area contributed by atoms with E-state index in [9.17, 15) is 0 Å². The monoisotopic (exact) mass is 212 g/mol. The number of para-hydroxylation sites is 2. The van der Waals surface area contributed by atoms with Crippen LogP contribution in [0, 0.1) is 0 Å². The van der Waals surface area contributed by atoms with Crippen LogP contribution in [0.1, 0.15) is 13.3 Å². The molecule has 1 aliphatic heterocycles. The summed E-state index contributed by atoms with van der Waals surface area (Å²) in [5, 5.41) is 0. The van der Waals surface area contributed by atoms with Gasteiger partial charge in [0.15, 0.2) is 11.5 Å². The van der Waals surface area contributed by atoms with Gasteiger partial charge >= 0.3 is 0 Å². The van der Waals surface area contributed by atoms with E-state index in [1.165, 1.54) is 0 Å². The first-order valence-electron chi connectivity index (χ1n) is 4.70. The third-order valence-electron chi connectivity index (χ3n) is 2.36. The highest BCUT2D eigenvalue weighted by molar-refractivity contribution is 6.17. The molecule has 0 fully saturated rings. The Morgan fingerprint density at radius 2 is 2.07 bits per heavy atom. The lowest BCUT2D eigenvalue weighted by Crippen LogP contribution is -2.42. The Morgan fingerprint density at radius 1 is 1.36 bits per heavy atom. The first-order valence-corrected chi connectivity index (χ1v) is 5.24. The number of rotatable bonds is 2. The summed E-state index contributed by atoms with van der Waals surface area (Å²) in [7, 11) is 0. The van der Waals surface area contributed by atoms with Crippen LogP contribution >= 0.6 is 11.6 Å². The molecule has 1 aromatic rings. The molecule has 0 bridgehead atoms. The van der Waals surface area contributed by atoms with Crippen molar-refractivity contribution < 1.29 is 9.47 Å². The lowest BCUT2D eigenvalue weighted by molar-refractivity contribution is 0.00410. The zero-order valence-corrected chi connectivity index (χ0v) is 8.88. The Morgan fingerprint density at radius 3 is 2.79 bits per heavy atom. The molecule has 1 heterocycles. The Balaban J connectivity index is 2.20. The van der Waals surface area contributed by atoms with Crippen LogP contribution in [0.15, 0.2) is 24.3 Å². The first kappa shape index (κ1) is 9.66. The molecule has 1 aliphatic rings. The van der Waals surface area contributed by atoms with Crippen molar-refractivity contribution >= 4 is 11.6 Å². The second-order valence-corrected chi connectivity index (χ2v) is 4.10. The molecule has 1 unspecified atom stereocenters. The average Bonchev–Trinajstić information content (AvgIpc) is 2.17. The van der Waals surface area contributed by atoms with Gasteiger partial charge in [-0.2, -0.15) is 0 Å². The van der Waals surface area contributed by atoms with E-state index in [0.717, 1.165) is 17.9 Å². The number of benzene rings is 1. The molecule has 0 amide bonds. The van der Waals surface area contributed by atoms with E-state index < -0.39 is 0 Å². The van der Waals surface area contributed by atoms with Crippen molar-refractivity contribution in [2.75, 3.05) is 12.5 Å². The molecular weight excluding hydrogens is 200 g/mol. The van der Waals surface area contributed by atoms with Gasteiger partial charge in [0.2, 0.25) is 0 Å². The smallest absolute Gasteiger partial charge is 0.162 e. The maximum absolute atomic E-state index is 5.85. The van der Waals surface area contributed by atoms with E-state index in [4.69, 9.17) is 21.1 Å². The molecule has 0 aliphatic carbocycles. The molecule has 1 atom stereocenters. The van der Waals surface area contributed by atoms with Gasteiger partial charge in [-0.3, -0.25) is 0 Å². The van der Waals surface area contributed by atoms with Crippen molar-refractivity contribution in [1.82, 2.24) is 0 Å². The quantitative estimate of drug-likeness (QED) is 0.702. The van der Waals surface area contributed by atoms with Crippen LogP contribution in [0.2, 0.25) is 0 Å². The molecule has 0 saturated carbocycles. The molecule has 3 heteroatoms. The summed E-state index contributed by atoms with van der Waals surface area (Å²) in [4.78, 5) is 0. The third kappa shape index (κ3) is 1.80. The summed E-state index contributed by atoms with van der Waals surface area (Å²) in [5.74, 6) is 2.22. The highest BCUT2D eigenvalue weighted by Crippen LogP contribution is 2.35. The maximum atomic E-state index is 5.85. The lowest BCUT2D eigenvalue weighted by atomic mass is 10.0. The minimum atomic E-state index is -0.282. The fourth-order valence-corrected chi connectivity index (χ4v) is 1.90. The maximum Gasteiger partial charge on any atom is 0.162 e. The first-order chi connectivity index (χ1) is 6.73. The van der Waals surface area contributed by atoms with E-state index >= 15 is 0 Å². The van der Waals surface area contributed by atoms with Crippen LogP contribution in [-0.4, -0.2) is 18.1 Å². The number of fused-ring (bicyclic) bond motifs is 1. The van der Waals surface area contributed by atoms with Crippen molar-refractivity contribution in [2.45, 2.75) is 18.9 Å². The van der Waals surface area contributed by atoms with E-state index in [1.54, 1.807) is 0 Å². The van der Waals surface area contributed by atoms with Crippen LogP contribution in [-0.2, 0) is 0 Å². The van der Waals surface area contributed by atoms with Gasteiger partial charge < -0.3 is 9.47 Å². The van der Waals surface area contributed by atoms with Crippen molar-refractivity contribution in [3.05, 3.63) is 24.3 Å². The van der Waals surface area contributed by atoms with E-state index in [2.05, 4.69) is 0 Å². The van der Waals surface area contributed by atoms with Crippen molar-refractivity contribution in [3.8, 4) is 11.5 Å². The second kappa shape index (κ2) is 3.70. The fraction of sp³-hybridized carbons (Fsp3) is 0.455. The van der Waals surface area contributed by atoms with Crippen molar-refractivity contribution in [2.24, 2.45) is 0 Å². The standard InChI is InChI=1S/C11H13ClO2/c1-11(6-7-12)8-13-9-4-2-3-5-10(9)14-11/h2-5H,6-8H2,1H3. The average molecular weight is 213 g/mol. The molecule has 0 spiro atoms. The third-order valence-corrected chi connectivity index (χ3v) is 2.55. The molecule has 0 aromatic heterocycles. The molecular formula is C11H13ClO2. The Kier molecular flexibility index (Phi) is 2.55. The highest BCUT2D eigenvalue weighted by atomic mass is 35.5. The number of hydrogen-bond acceptors (Lipinski definition) is 2. The van der Waals surface area contributed by atoms with Gasteiger partial charge in [-0.05, 0) is 19.1 Å². The number of ether oxygens (including phenoxy) is 2. The van der Waals surface area contributed by atoms with Crippen LogP contribution in [0.4, 0.5) is 0 Å². The Hall–Kier alpha value is -0.890. The van der Waals surface area contributed by atoms with E-state index in [1.807, 2.05) is 31.2 Å². The van der Waals surface area contributed by atoms with Crippen LogP contribution in [0.25, 0.3) is 0 Å². The summed E-state index contributed by atoms with van der Waals surface area (Å²) in [6.45, 7) is 2.59. The number of halogens is 1. The van der Waals surface area contributed by atoms with E-state index in [0.29, 0.717) is 12.5 Å². The van der Waals surface area contributed by atoms with Gasteiger partial charge in [0.25, 0.3) is 0 Å². The molecule has 14 heavy (non-hydrogen) atoms. The Labute approximate surface area is 88.8 Å². The molecule has 0 N–H and O–H groups in total. The van der Waals surface area contributed by atoms with Gasteiger partial charge in [-0.25, -0.2) is 0 Å². The minimum Gasteiger partial charge on any atom is -0.486 e. The lowest BCUT2D eigenvalue weighted by Gasteiger charge is -2.35. The molecule has 0 saturated heterocycles. The summed E-state index contributed by atoms with van der Waals surface area (Å²) in [6.07, 6.45) is 0.795. The molecule has 2 rings (SSSR count).